The number of hydrogen-bond donors (Lipinski definition) is 1. The molecule has 2 atom stereocenters. The third-order valence-corrected chi connectivity index (χ3v) is 5.76. The lowest BCUT2D eigenvalue weighted by Gasteiger charge is -2.31. The Hall–Kier alpha value is -2.34. The second-order valence-electron chi connectivity index (χ2n) is 6.99. The van der Waals surface area contributed by atoms with Crippen LogP contribution in [0.15, 0.2) is 59.5 Å². The van der Waals surface area contributed by atoms with Crippen molar-refractivity contribution in [2.45, 2.75) is 57.1 Å². The van der Waals surface area contributed by atoms with Crippen molar-refractivity contribution >= 4 is 23.6 Å². The highest BCUT2D eigenvalue weighted by atomic mass is 32.2. The molecule has 2 aromatic carbocycles. The molecule has 0 saturated heterocycles. The third-order valence-electron chi connectivity index (χ3n) is 4.76. The average molecular weight is 417 g/mol. The Kier molecular flexibility index (Phi) is 9.19. The Morgan fingerprint density at radius 2 is 1.69 bits per heavy atom. The van der Waals surface area contributed by atoms with Gasteiger partial charge >= 0.3 is 0 Å². The molecule has 0 saturated carbocycles. The Labute approximate surface area is 176 Å². The maximum absolute atomic E-state index is 13.3. The number of nitrogens with one attached hydrogen (secondary N) is 1. The lowest BCUT2D eigenvalue weighted by molar-refractivity contribution is -0.139. The summed E-state index contributed by atoms with van der Waals surface area (Å²) in [5, 5.41) is 2.98. The average Bonchev–Trinajstić information content (AvgIpc) is 2.73. The molecule has 0 aromatic heterocycles. The molecule has 0 aliphatic carbocycles. The van der Waals surface area contributed by atoms with Gasteiger partial charge in [0.05, 0.1) is 5.75 Å². The van der Waals surface area contributed by atoms with Gasteiger partial charge in [-0.1, -0.05) is 44.2 Å². The summed E-state index contributed by atoms with van der Waals surface area (Å²) >= 11 is 1.44. The van der Waals surface area contributed by atoms with Gasteiger partial charge < -0.3 is 10.2 Å². The topological polar surface area (TPSA) is 49.4 Å². The maximum Gasteiger partial charge on any atom is 0.243 e. The summed E-state index contributed by atoms with van der Waals surface area (Å²) in [7, 11) is 0. The number of hydrogen-bond acceptors (Lipinski definition) is 3. The van der Waals surface area contributed by atoms with Crippen molar-refractivity contribution in [3.05, 3.63) is 66.0 Å². The van der Waals surface area contributed by atoms with Gasteiger partial charge in [0.1, 0.15) is 11.9 Å². The van der Waals surface area contributed by atoms with Crippen LogP contribution in [-0.4, -0.2) is 34.6 Å². The number of rotatable bonds is 10. The summed E-state index contributed by atoms with van der Waals surface area (Å²) in [6.45, 7) is 6.11. The van der Waals surface area contributed by atoms with E-state index in [1.54, 1.807) is 17.0 Å². The van der Waals surface area contributed by atoms with E-state index in [1.165, 1.54) is 23.9 Å². The van der Waals surface area contributed by atoms with E-state index in [4.69, 9.17) is 0 Å². The molecule has 0 heterocycles. The van der Waals surface area contributed by atoms with Gasteiger partial charge in [-0.25, -0.2) is 4.39 Å². The van der Waals surface area contributed by atoms with Gasteiger partial charge in [0.2, 0.25) is 11.8 Å². The van der Waals surface area contributed by atoms with Crippen LogP contribution in [0, 0.1) is 5.82 Å². The molecule has 2 amide bonds. The van der Waals surface area contributed by atoms with Crippen molar-refractivity contribution < 1.29 is 14.0 Å². The number of carbonyl (C=O) groups is 2. The summed E-state index contributed by atoms with van der Waals surface area (Å²) in [5.74, 6) is -0.359. The molecule has 0 aliphatic heterocycles. The van der Waals surface area contributed by atoms with Gasteiger partial charge in [-0.15, -0.1) is 11.8 Å². The zero-order valence-corrected chi connectivity index (χ0v) is 18.0. The van der Waals surface area contributed by atoms with E-state index in [2.05, 4.69) is 5.32 Å². The predicted octanol–water partition coefficient (Wildman–Crippen LogP) is 4.64. The first-order valence-corrected chi connectivity index (χ1v) is 10.9. The van der Waals surface area contributed by atoms with E-state index >= 15 is 0 Å². The summed E-state index contributed by atoms with van der Waals surface area (Å²) in [5.41, 5.74) is 0.791. The van der Waals surface area contributed by atoms with Crippen LogP contribution < -0.4 is 5.32 Å². The lowest BCUT2D eigenvalue weighted by Crippen LogP contribution is -2.51. The first-order chi connectivity index (χ1) is 13.9. The van der Waals surface area contributed by atoms with Crippen molar-refractivity contribution in [2.24, 2.45) is 0 Å². The maximum atomic E-state index is 13.3. The van der Waals surface area contributed by atoms with Crippen molar-refractivity contribution in [2.75, 3.05) is 5.75 Å². The SMILES string of the molecule is CC[C@@H](C)NC(=O)[C@H](CC)N(Cc1ccc(F)cc1)C(=O)CSc1ccccc1. The summed E-state index contributed by atoms with van der Waals surface area (Å²) in [4.78, 5) is 28.5. The van der Waals surface area contributed by atoms with Crippen LogP contribution in [-0.2, 0) is 16.1 Å². The summed E-state index contributed by atoms with van der Waals surface area (Å²) < 4.78 is 13.3. The van der Waals surface area contributed by atoms with Gasteiger partial charge in [0.15, 0.2) is 0 Å². The smallest absolute Gasteiger partial charge is 0.243 e. The van der Waals surface area contributed by atoms with E-state index in [-0.39, 0.29) is 36.0 Å². The molecular weight excluding hydrogens is 387 g/mol. The van der Waals surface area contributed by atoms with Gasteiger partial charge in [0.25, 0.3) is 0 Å². The van der Waals surface area contributed by atoms with Crippen molar-refractivity contribution in [3.8, 4) is 0 Å². The van der Waals surface area contributed by atoms with Crippen LogP contribution in [0.25, 0.3) is 0 Å². The van der Waals surface area contributed by atoms with Crippen LogP contribution >= 0.6 is 11.8 Å². The van der Waals surface area contributed by atoms with Gasteiger partial charge in [-0.05, 0) is 49.6 Å². The normalized spacial score (nSPS) is 12.8. The van der Waals surface area contributed by atoms with Crippen LogP contribution in [0.1, 0.15) is 39.2 Å². The summed E-state index contributed by atoms with van der Waals surface area (Å²) in [6.07, 6.45) is 1.32. The Balaban J connectivity index is 2.19. The molecule has 0 fully saturated rings. The molecule has 2 rings (SSSR count). The lowest BCUT2D eigenvalue weighted by atomic mass is 10.1. The molecule has 6 heteroatoms. The van der Waals surface area contributed by atoms with Crippen molar-refractivity contribution in [1.29, 1.82) is 0 Å². The number of nitrogens with zero attached hydrogens (tertiary/aromatic N) is 1. The van der Waals surface area contributed by atoms with Gasteiger partial charge in [-0.3, -0.25) is 9.59 Å². The first-order valence-electron chi connectivity index (χ1n) is 9.96. The number of benzene rings is 2. The minimum Gasteiger partial charge on any atom is -0.352 e. The Morgan fingerprint density at radius 1 is 1.03 bits per heavy atom. The van der Waals surface area contributed by atoms with Crippen molar-refractivity contribution in [1.82, 2.24) is 10.2 Å². The van der Waals surface area contributed by atoms with E-state index in [9.17, 15) is 14.0 Å². The van der Waals surface area contributed by atoms with Crippen LogP contribution in [0.5, 0.6) is 0 Å². The van der Waals surface area contributed by atoms with Crippen LogP contribution in [0.3, 0.4) is 0 Å². The highest BCUT2D eigenvalue weighted by Gasteiger charge is 2.29. The fraction of sp³-hybridized carbons (Fsp3) is 0.391. The first kappa shape index (κ1) is 22.9. The highest BCUT2D eigenvalue weighted by Crippen LogP contribution is 2.20. The predicted molar refractivity (Wildman–Crippen MR) is 116 cm³/mol. The molecule has 2 aromatic rings. The molecule has 0 spiro atoms. The zero-order chi connectivity index (χ0) is 21.2. The molecule has 29 heavy (non-hydrogen) atoms. The van der Waals surface area contributed by atoms with Crippen LogP contribution in [0.2, 0.25) is 0 Å². The zero-order valence-electron chi connectivity index (χ0n) is 17.2. The Morgan fingerprint density at radius 3 is 2.28 bits per heavy atom. The molecule has 156 valence electrons. The number of carbonyl (C=O) groups excluding carboxylic acids is 2. The minimum atomic E-state index is -0.571. The largest absolute Gasteiger partial charge is 0.352 e. The van der Waals surface area contributed by atoms with E-state index < -0.39 is 6.04 Å². The molecule has 0 aliphatic rings. The second kappa shape index (κ2) is 11.6. The minimum absolute atomic E-state index is 0.0398. The second-order valence-corrected chi connectivity index (χ2v) is 8.04. The third kappa shape index (κ3) is 7.20. The highest BCUT2D eigenvalue weighted by molar-refractivity contribution is 8.00. The van der Waals surface area contributed by atoms with Crippen LogP contribution in [0.4, 0.5) is 4.39 Å². The van der Waals surface area contributed by atoms with E-state index in [1.807, 2.05) is 51.1 Å². The van der Waals surface area contributed by atoms with Gasteiger partial charge in [0, 0.05) is 17.5 Å². The standard InChI is InChI=1S/C23H29FN2O2S/c1-4-17(3)25-23(28)21(5-2)26(15-18-11-13-19(24)14-12-18)22(27)16-29-20-9-7-6-8-10-20/h6-14,17,21H,4-5,15-16H2,1-3H3,(H,25,28)/t17-,21+/m1/s1. The monoisotopic (exact) mass is 416 g/mol. The summed E-state index contributed by atoms with van der Waals surface area (Å²) in [6, 6.07) is 15.2. The number of thioether (sulfide) groups is 1. The molecule has 0 radical (unpaired) electrons. The molecular formula is C23H29FN2O2S. The van der Waals surface area contributed by atoms with Gasteiger partial charge in [-0.2, -0.15) is 0 Å². The molecule has 1 N–H and O–H groups in total. The fourth-order valence-electron chi connectivity index (χ4n) is 2.89. The number of amides is 2. The van der Waals surface area contributed by atoms with E-state index in [0.29, 0.717) is 6.42 Å². The molecule has 0 unspecified atom stereocenters. The quantitative estimate of drug-likeness (QED) is 0.574. The fourth-order valence-corrected chi connectivity index (χ4v) is 3.70. The van der Waals surface area contributed by atoms with E-state index in [0.717, 1.165) is 16.9 Å². The molecule has 0 bridgehead atoms. The number of halogens is 1. The molecule has 4 nitrogen and oxygen atoms in total. The Bertz CT molecular complexity index is 783. The van der Waals surface area contributed by atoms with Crippen molar-refractivity contribution in [3.63, 3.8) is 0 Å².